The molecule has 0 bridgehead atoms. The van der Waals surface area contributed by atoms with Crippen LogP contribution in [0.4, 0.5) is 5.69 Å². The molecular weight excluding hydrogens is 318 g/mol. The molecule has 0 radical (unpaired) electrons. The van der Waals surface area contributed by atoms with E-state index in [9.17, 15) is 4.79 Å². The van der Waals surface area contributed by atoms with Crippen LogP contribution in [0.2, 0.25) is 0 Å². The minimum Gasteiger partial charge on any atom is -0.481 e. The van der Waals surface area contributed by atoms with E-state index in [0.29, 0.717) is 22.9 Å². The van der Waals surface area contributed by atoms with E-state index in [4.69, 9.17) is 14.2 Å². The molecule has 1 amide bonds. The van der Waals surface area contributed by atoms with Crippen LogP contribution < -0.4 is 19.5 Å². The minimum absolute atomic E-state index is 0.0842. The van der Waals surface area contributed by atoms with Gasteiger partial charge >= 0.3 is 0 Å². The van der Waals surface area contributed by atoms with Crippen molar-refractivity contribution in [3.05, 3.63) is 48.0 Å². The molecule has 1 atom stereocenters. The van der Waals surface area contributed by atoms with Crippen molar-refractivity contribution in [2.24, 2.45) is 0 Å². The van der Waals surface area contributed by atoms with Crippen LogP contribution in [0, 0.1) is 0 Å². The lowest BCUT2D eigenvalue weighted by Gasteiger charge is -2.20. The molecule has 3 rings (SSSR count). The molecule has 0 aromatic heterocycles. The van der Waals surface area contributed by atoms with E-state index >= 15 is 0 Å². The fourth-order valence-corrected chi connectivity index (χ4v) is 2.51. The molecule has 0 saturated heterocycles. The molecule has 1 aliphatic heterocycles. The zero-order valence-electron chi connectivity index (χ0n) is 15.0. The van der Waals surface area contributed by atoms with Crippen LogP contribution in [0.5, 0.6) is 17.2 Å². The van der Waals surface area contributed by atoms with Crippen molar-refractivity contribution in [3.8, 4) is 17.2 Å². The first kappa shape index (κ1) is 17.1. The summed E-state index contributed by atoms with van der Waals surface area (Å²) in [6, 6.07) is 13.1. The summed E-state index contributed by atoms with van der Waals surface area (Å²) in [6.45, 7) is 8.40. The molecule has 5 nitrogen and oxygen atoms in total. The first-order valence-corrected chi connectivity index (χ1v) is 8.30. The van der Waals surface area contributed by atoms with Gasteiger partial charge in [-0.2, -0.15) is 0 Å². The molecule has 1 N–H and O–H groups in total. The van der Waals surface area contributed by atoms with Crippen LogP contribution in [0.3, 0.4) is 0 Å². The second kappa shape index (κ2) is 6.67. The van der Waals surface area contributed by atoms with E-state index in [-0.39, 0.29) is 18.1 Å². The molecular formula is C20H23NO4. The van der Waals surface area contributed by atoms with E-state index < -0.39 is 6.10 Å². The summed E-state index contributed by atoms with van der Waals surface area (Å²) >= 11 is 0. The predicted octanol–water partition coefficient (Wildman–Crippen LogP) is 4.12. The Hall–Kier alpha value is -2.69. The molecule has 2 aromatic carbocycles. The largest absolute Gasteiger partial charge is 0.481 e. The van der Waals surface area contributed by atoms with Gasteiger partial charge in [0.05, 0.1) is 0 Å². The zero-order valence-corrected chi connectivity index (χ0v) is 15.0. The van der Waals surface area contributed by atoms with Crippen molar-refractivity contribution in [3.63, 3.8) is 0 Å². The normalized spacial score (nSPS) is 14.1. The van der Waals surface area contributed by atoms with Crippen LogP contribution in [0.1, 0.15) is 33.3 Å². The predicted molar refractivity (Wildman–Crippen MR) is 96.4 cm³/mol. The van der Waals surface area contributed by atoms with Crippen molar-refractivity contribution in [1.29, 1.82) is 0 Å². The van der Waals surface area contributed by atoms with Gasteiger partial charge in [-0.25, -0.2) is 0 Å². The molecule has 5 heteroatoms. The average Bonchev–Trinajstić information content (AvgIpc) is 3.02. The number of ether oxygens (including phenoxy) is 3. The number of rotatable bonds is 4. The third-order valence-electron chi connectivity index (χ3n) is 4.04. The molecule has 25 heavy (non-hydrogen) atoms. The number of carbonyl (C=O) groups is 1. The number of hydrogen-bond donors (Lipinski definition) is 1. The van der Waals surface area contributed by atoms with Crippen molar-refractivity contribution in [2.75, 3.05) is 12.1 Å². The zero-order chi connectivity index (χ0) is 18.0. The van der Waals surface area contributed by atoms with Crippen LogP contribution in [-0.2, 0) is 10.2 Å². The maximum absolute atomic E-state index is 12.3. The Bertz CT molecular complexity index is 762. The summed E-state index contributed by atoms with van der Waals surface area (Å²) in [7, 11) is 0. The fraction of sp³-hybridized carbons (Fsp3) is 0.350. The first-order valence-electron chi connectivity index (χ1n) is 8.30. The van der Waals surface area contributed by atoms with Crippen LogP contribution in [0.15, 0.2) is 42.5 Å². The van der Waals surface area contributed by atoms with Gasteiger partial charge in [-0.3, -0.25) is 4.79 Å². The topological polar surface area (TPSA) is 56.8 Å². The Kier molecular flexibility index (Phi) is 4.57. The van der Waals surface area contributed by atoms with E-state index in [0.717, 1.165) is 0 Å². The maximum Gasteiger partial charge on any atom is 0.265 e. The summed E-state index contributed by atoms with van der Waals surface area (Å²) in [5.74, 6) is 1.76. The van der Waals surface area contributed by atoms with E-state index in [2.05, 4.69) is 26.1 Å². The van der Waals surface area contributed by atoms with Gasteiger partial charge in [-0.15, -0.1) is 0 Å². The monoisotopic (exact) mass is 341 g/mol. The summed E-state index contributed by atoms with van der Waals surface area (Å²) in [6.07, 6.45) is -0.620. The second-order valence-corrected chi connectivity index (χ2v) is 7.09. The number of nitrogens with one attached hydrogen (secondary N) is 1. The molecule has 0 unspecified atom stereocenters. The van der Waals surface area contributed by atoms with Gasteiger partial charge in [-0.05, 0) is 42.2 Å². The highest BCUT2D eigenvalue weighted by atomic mass is 16.7. The average molecular weight is 341 g/mol. The van der Waals surface area contributed by atoms with Crippen molar-refractivity contribution in [2.45, 2.75) is 39.2 Å². The highest BCUT2D eigenvalue weighted by Crippen LogP contribution is 2.34. The van der Waals surface area contributed by atoms with Gasteiger partial charge in [0.1, 0.15) is 5.75 Å². The lowest BCUT2D eigenvalue weighted by atomic mass is 9.87. The molecule has 1 aliphatic rings. The quantitative estimate of drug-likeness (QED) is 0.909. The van der Waals surface area contributed by atoms with Crippen LogP contribution in [0.25, 0.3) is 0 Å². The number of fused-ring (bicyclic) bond motifs is 1. The van der Waals surface area contributed by atoms with E-state index in [1.165, 1.54) is 5.56 Å². The Morgan fingerprint density at radius 2 is 1.76 bits per heavy atom. The van der Waals surface area contributed by atoms with Crippen molar-refractivity contribution < 1.29 is 19.0 Å². The number of benzene rings is 2. The highest BCUT2D eigenvalue weighted by molar-refractivity contribution is 5.94. The van der Waals surface area contributed by atoms with Gasteiger partial charge < -0.3 is 19.5 Å². The lowest BCUT2D eigenvalue weighted by molar-refractivity contribution is -0.122. The van der Waals surface area contributed by atoms with Gasteiger partial charge in [0.15, 0.2) is 17.6 Å². The van der Waals surface area contributed by atoms with Gasteiger partial charge in [0, 0.05) is 11.8 Å². The van der Waals surface area contributed by atoms with Crippen LogP contribution >= 0.6 is 0 Å². The highest BCUT2D eigenvalue weighted by Gasteiger charge is 2.18. The SMILES string of the molecule is C[C@H](Oc1ccc(C(C)(C)C)cc1)C(=O)Nc1ccc2c(c1)OCO2. The Morgan fingerprint density at radius 3 is 2.44 bits per heavy atom. The molecule has 2 aromatic rings. The molecule has 132 valence electrons. The molecule has 0 fully saturated rings. The number of hydrogen-bond acceptors (Lipinski definition) is 4. The second-order valence-electron chi connectivity index (χ2n) is 7.09. The fourth-order valence-electron chi connectivity index (χ4n) is 2.51. The Labute approximate surface area is 147 Å². The summed E-state index contributed by atoms with van der Waals surface area (Å²) in [4.78, 5) is 12.3. The standard InChI is InChI=1S/C20H23NO4/c1-13(25-16-8-5-14(6-9-16)20(2,3)4)19(22)21-15-7-10-17-18(11-15)24-12-23-17/h5-11,13H,12H2,1-4H3,(H,21,22)/t13-/m0/s1. The van der Waals surface area contributed by atoms with E-state index in [1.807, 2.05) is 24.3 Å². The third-order valence-corrected chi connectivity index (χ3v) is 4.04. The number of carbonyl (C=O) groups excluding carboxylic acids is 1. The number of amides is 1. The van der Waals surface area contributed by atoms with Gasteiger partial charge in [-0.1, -0.05) is 32.9 Å². The Balaban J connectivity index is 1.61. The molecule has 1 heterocycles. The molecule has 0 saturated carbocycles. The van der Waals surface area contributed by atoms with Crippen molar-refractivity contribution >= 4 is 11.6 Å². The lowest BCUT2D eigenvalue weighted by Crippen LogP contribution is -2.30. The van der Waals surface area contributed by atoms with Gasteiger partial charge in [0.2, 0.25) is 6.79 Å². The first-order chi connectivity index (χ1) is 11.8. The van der Waals surface area contributed by atoms with Gasteiger partial charge in [0.25, 0.3) is 5.91 Å². The smallest absolute Gasteiger partial charge is 0.265 e. The molecule has 0 spiro atoms. The van der Waals surface area contributed by atoms with Crippen molar-refractivity contribution in [1.82, 2.24) is 0 Å². The molecule has 0 aliphatic carbocycles. The summed E-state index contributed by atoms with van der Waals surface area (Å²) in [5, 5.41) is 2.83. The Morgan fingerprint density at radius 1 is 1.08 bits per heavy atom. The van der Waals surface area contributed by atoms with E-state index in [1.54, 1.807) is 25.1 Å². The van der Waals surface area contributed by atoms with Crippen LogP contribution in [-0.4, -0.2) is 18.8 Å². The maximum atomic E-state index is 12.3. The third kappa shape index (κ3) is 4.05. The summed E-state index contributed by atoms with van der Waals surface area (Å²) < 4.78 is 16.3. The summed E-state index contributed by atoms with van der Waals surface area (Å²) in [5.41, 5.74) is 1.95. The number of anilines is 1. The minimum atomic E-state index is -0.620.